The van der Waals surface area contributed by atoms with Crippen molar-refractivity contribution in [2.75, 3.05) is 5.75 Å². The second-order valence-electron chi connectivity index (χ2n) is 6.47. The van der Waals surface area contributed by atoms with Crippen LogP contribution in [0.4, 0.5) is 8.78 Å². The topological polar surface area (TPSA) is 20.2 Å². The zero-order valence-corrected chi connectivity index (χ0v) is 19.4. The molecule has 4 atom stereocenters. The van der Waals surface area contributed by atoms with E-state index in [0.717, 1.165) is 25.3 Å². The summed E-state index contributed by atoms with van der Waals surface area (Å²) in [7, 11) is 0. The monoisotopic (exact) mass is 490 g/mol. The summed E-state index contributed by atoms with van der Waals surface area (Å²) in [5.74, 6) is -0.256. The molecular formula is C19H20ClF2OS2Y-. The molecule has 1 aliphatic rings. The van der Waals surface area contributed by atoms with E-state index in [1.165, 1.54) is 28.8 Å². The van der Waals surface area contributed by atoms with Gasteiger partial charge >= 0.3 is 0 Å². The van der Waals surface area contributed by atoms with Crippen LogP contribution in [0.2, 0.25) is 0 Å². The Morgan fingerprint density at radius 1 is 1.23 bits per heavy atom. The molecule has 1 N–H and O–H groups in total. The van der Waals surface area contributed by atoms with Crippen molar-refractivity contribution in [1.29, 1.82) is 0 Å². The van der Waals surface area contributed by atoms with E-state index in [4.69, 9.17) is 11.6 Å². The molecule has 1 saturated carbocycles. The van der Waals surface area contributed by atoms with Gasteiger partial charge in [0.05, 0.1) is 6.10 Å². The molecular weight excluding hydrogens is 471 g/mol. The molecule has 0 saturated heterocycles. The maximum Gasteiger partial charge on any atom is 0.127 e. The molecule has 1 nitrogen and oxygen atoms in total. The average Bonchev–Trinajstić information content (AvgIpc) is 3.14. The van der Waals surface area contributed by atoms with E-state index in [0.29, 0.717) is 17.1 Å². The van der Waals surface area contributed by atoms with Gasteiger partial charge in [-0.2, -0.15) is 6.07 Å². The molecule has 0 bridgehead atoms. The molecule has 1 aromatic heterocycles. The largest absolute Gasteiger partial charge is 0.393 e. The number of halogens is 3. The van der Waals surface area contributed by atoms with Crippen molar-refractivity contribution in [1.82, 2.24) is 0 Å². The van der Waals surface area contributed by atoms with Crippen molar-refractivity contribution < 1.29 is 46.6 Å². The Balaban J connectivity index is 0.00000243. The summed E-state index contributed by atoms with van der Waals surface area (Å²) in [5, 5.41) is 13.4. The number of alkyl halides is 1. The molecule has 0 amide bonds. The fourth-order valence-electron chi connectivity index (χ4n) is 3.48. The number of aryl methyl sites for hydroxylation is 1. The first-order valence-corrected chi connectivity index (χ1v) is 10.6. The Kier molecular flexibility index (Phi) is 9.52. The number of hydrogen-bond donors (Lipinski definition) is 1. The smallest absolute Gasteiger partial charge is 0.127 e. The van der Waals surface area contributed by atoms with Crippen LogP contribution < -0.4 is 0 Å². The van der Waals surface area contributed by atoms with E-state index >= 15 is 0 Å². The first-order chi connectivity index (χ1) is 12.0. The van der Waals surface area contributed by atoms with Gasteiger partial charge in [-0.25, -0.2) is 14.8 Å². The molecule has 7 heteroatoms. The van der Waals surface area contributed by atoms with Crippen LogP contribution in [0.3, 0.4) is 0 Å². The predicted molar refractivity (Wildman–Crippen MR) is 100 cm³/mol. The number of thioether (sulfide) groups is 1. The molecule has 2 aromatic rings. The predicted octanol–water partition coefficient (Wildman–Crippen LogP) is 5.54. The van der Waals surface area contributed by atoms with E-state index < -0.39 is 17.7 Å². The van der Waals surface area contributed by atoms with E-state index in [9.17, 15) is 13.9 Å². The van der Waals surface area contributed by atoms with Crippen LogP contribution in [0.5, 0.6) is 0 Å². The zero-order chi connectivity index (χ0) is 17.8. The van der Waals surface area contributed by atoms with E-state index in [1.54, 1.807) is 11.3 Å². The fourth-order valence-corrected chi connectivity index (χ4v) is 5.90. The van der Waals surface area contributed by atoms with Crippen LogP contribution in [0.15, 0.2) is 35.2 Å². The summed E-state index contributed by atoms with van der Waals surface area (Å²) >= 11 is 9.49. The summed E-state index contributed by atoms with van der Waals surface area (Å²) in [6.07, 6.45) is 3.10. The van der Waals surface area contributed by atoms with Gasteiger partial charge in [-0.15, -0.1) is 33.6 Å². The van der Waals surface area contributed by atoms with Crippen LogP contribution in [-0.2, 0) is 39.1 Å². The van der Waals surface area contributed by atoms with E-state index in [1.807, 2.05) is 6.07 Å². The molecule has 0 aliphatic heterocycles. The van der Waals surface area contributed by atoms with E-state index in [-0.39, 0.29) is 49.9 Å². The van der Waals surface area contributed by atoms with Crippen LogP contribution in [0, 0.1) is 28.9 Å². The second-order valence-corrected chi connectivity index (χ2v) is 9.09. The average molecular weight is 491 g/mol. The van der Waals surface area contributed by atoms with Gasteiger partial charge in [0.25, 0.3) is 0 Å². The van der Waals surface area contributed by atoms with Crippen molar-refractivity contribution in [2.24, 2.45) is 11.8 Å². The molecule has 1 radical (unpaired) electrons. The van der Waals surface area contributed by atoms with Gasteiger partial charge in [-0.3, -0.25) is 0 Å². The first-order valence-electron chi connectivity index (χ1n) is 8.38. The number of aliphatic hydroxyl groups is 1. The number of hydrogen-bond acceptors (Lipinski definition) is 3. The fraction of sp³-hybridized carbons (Fsp3) is 0.474. The molecule has 1 aliphatic carbocycles. The summed E-state index contributed by atoms with van der Waals surface area (Å²) in [5.41, 5.74) is 0. The molecule has 0 spiro atoms. The Bertz CT molecular complexity index is 666. The molecule has 0 unspecified atom stereocenters. The third-order valence-electron chi connectivity index (χ3n) is 4.74. The van der Waals surface area contributed by atoms with Gasteiger partial charge in [-0.05, 0) is 36.8 Å². The summed E-state index contributed by atoms with van der Waals surface area (Å²) in [6, 6.07) is 7.54. The third kappa shape index (κ3) is 6.25. The van der Waals surface area contributed by atoms with Crippen LogP contribution in [0.1, 0.15) is 24.1 Å². The number of aliphatic hydroxyl groups excluding tert-OH is 1. The van der Waals surface area contributed by atoms with Crippen molar-refractivity contribution in [3.63, 3.8) is 0 Å². The zero-order valence-electron chi connectivity index (χ0n) is 14.2. The van der Waals surface area contributed by atoms with Crippen molar-refractivity contribution in [3.8, 4) is 0 Å². The van der Waals surface area contributed by atoms with Gasteiger partial charge in [0.1, 0.15) is 11.6 Å². The van der Waals surface area contributed by atoms with Gasteiger partial charge < -0.3 is 16.4 Å². The summed E-state index contributed by atoms with van der Waals surface area (Å²) in [4.78, 5) is 1.86. The summed E-state index contributed by atoms with van der Waals surface area (Å²) < 4.78 is 26.6. The van der Waals surface area contributed by atoms with E-state index in [2.05, 4.69) is 11.4 Å². The second kappa shape index (κ2) is 10.9. The summed E-state index contributed by atoms with van der Waals surface area (Å²) in [6.45, 7) is 0. The van der Waals surface area contributed by atoms with Crippen LogP contribution in [0.25, 0.3) is 0 Å². The van der Waals surface area contributed by atoms with Gasteiger partial charge in [0.2, 0.25) is 0 Å². The van der Waals surface area contributed by atoms with Crippen molar-refractivity contribution in [2.45, 2.75) is 42.1 Å². The molecule has 1 aromatic carbocycles. The van der Waals surface area contributed by atoms with Gasteiger partial charge in [0, 0.05) is 54.8 Å². The molecule has 1 heterocycles. The maximum atomic E-state index is 13.3. The SMILES string of the molecule is O[C@@H]1C[C@@H](Cl)[C@H](CCCc2cc[c-]s2)[C@H]1CSc1cc(F)cc(F)c1.[Y]. The minimum Gasteiger partial charge on any atom is -0.393 e. The standard InChI is InChI=1S/C19H20ClF2OS2.Y/c20-18-10-19(23)17(11-25-15-8-12(21)7-13(22)9-15)16(18)5-1-3-14-4-2-6-24-14;/h2,4,7-9,16-19,23H,1,3,5,10-11H2;/q-1;/t16-,17-,18-,19-;/m1./s1. The Morgan fingerprint density at radius 2 is 1.96 bits per heavy atom. The van der Waals surface area contributed by atoms with Crippen molar-refractivity contribution >= 4 is 34.7 Å². The van der Waals surface area contributed by atoms with Crippen LogP contribution >= 0.6 is 34.7 Å². The minimum atomic E-state index is -0.575. The number of thiophene rings is 1. The molecule has 26 heavy (non-hydrogen) atoms. The first kappa shape index (κ1) is 22.8. The van der Waals surface area contributed by atoms with Gasteiger partial charge in [0.15, 0.2) is 0 Å². The van der Waals surface area contributed by atoms with Crippen molar-refractivity contribution in [3.05, 3.63) is 52.2 Å². The third-order valence-corrected chi connectivity index (χ3v) is 7.22. The Hall–Kier alpha value is 0.484. The Labute approximate surface area is 191 Å². The number of benzene rings is 1. The number of rotatable bonds is 7. The molecule has 139 valence electrons. The molecule has 1 fully saturated rings. The maximum absolute atomic E-state index is 13.3. The minimum absolute atomic E-state index is 0. The quantitative estimate of drug-likeness (QED) is 0.312. The van der Waals surface area contributed by atoms with Crippen LogP contribution in [-0.4, -0.2) is 22.3 Å². The normalized spacial score (nSPS) is 25.2. The van der Waals surface area contributed by atoms with Gasteiger partial charge in [-0.1, -0.05) is 12.8 Å². The molecule has 3 rings (SSSR count). The Morgan fingerprint density at radius 3 is 2.62 bits per heavy atom.